The maximum Gasteiger partial charge on any atom is 0.173 e. The molecule has 2 heterocycles. The number of carbonyl (C=O) groups excluding carboxylic acids is 1. The van der Waals surface area contributed by atoms with Crippen LogP contribution in [0.5, 0.6) is 11.5 Å². The van der Waals surface area contributed by atoms with Crippen molar-refractivity contribution >= 4 is 28.7 Å². The number of aromatic nitrogens is 4. The van der Waals surface area contributed by atoms with E-state index in [9.17, 15) is 4.79 Å². The highest BCUT2D eigenvalue weighted by Crippen LogP contribution is 2.36. The summed E-state index contributed by atoms with van der Waals surface area (Å²) >= 11 is 1.40. The molecule has 0 bridgehead atoms. The second-order valence-corrected chi connectivity index (χ2v) is 8.18. The fraction of sp³-hybridized carbons (Fsp3) is 0.217. The minimum Gasteiger partial charge on any atom is -0.497 e. The van der Waals surface area contributed by atoms with Crippen LogP contribution in [-0.4, -0.2) is 39.5 Å². The van der Waals surface area contributed by atoms with E-state index in [4.69, 9.17) is 19.9 Å². The number of aryl methyl sites for hydroxylation is 2. The molecule has 32 heavy (non-hydrogen) atoms. The van der Waals surface area contributed by atoms with Crippen molar-refractivity contribution in [3.63, 3.8) is 0 Å². The first kappa shape index (κ1) is 21.6. The molecule has 0 radical (unpaired) electrons. The second-order valence-electron chi connectivity index (χ2n) is 7.15. The molecule has 164 valence electrons. The third-order valence-corrected chi connectivity index (χ3v) is 6.00. The number of nitrogens with zero attached hydrogens (tertiary/aromatic N) is 3. The molecule has 9 heteroatoms. The van der Waals surface area contributed by atoms with E-state index in [0.29, 0.717) is 34.2 Å². The van der Waals surface area contributed by atoms with E-state index >= 15 is 0 Å². The smallest absolute Gasteiger partial charge is 0.173 e. The topological polar surface area (TPSA) is 106 Å². The van der Waals surface area contributed by atoms with Crippen molar-refractivity contribution in [2.75, 3.05) is 14.2 Å². The molecular weight excluding hydrogens is 426 g/mol. The number of nitrogens with one attached hydrogen (secondary N) is 2. The Labute approximate surface area is 189 Å². The Balaban J connectivity index is 1.60. The number of ketones is 1. The molecule has 0 saturated heterocycles. The van der Waals surface area contributed by atoms with E-state index in [0.717, 1.165) is 22.6 Å². The van der Waals surface area contributed by atoms with Gasteiger partial charge >= 0.3 is 0 Å². The Kier molecular flexibility index (Phi) is 6.27. The molecule has 0 aliphatic heterocycles. The van der Waals surface area contributed by atoms with Gasteiger partial charge in [0.05, 0.1) is 25.4 Å². The average Bonchev–Trinajstić information content (AvgIpc) is 3.23. The number of hydrogen-bond acceptors (Lipinski definition) is 7. The predicted octanol–water partition coefficient (Wildman–Crippen LogP) is 3.85. The van der Waals surface area contributed by atoms with Crippen molar-refractivity contribution < 1.29 is 14.3 Å². The van der Waals surface area contributed by atoms with Crippen LogP contribution in [0, 0.1) is 5.41 Å². The van der Waals surface area contributed by atoms with Crippen LogP contribution < -0.4 is 15.0 Å². The summed E-state index contributed by atoms with van der Waals surface area (Å²) in [7, 11) is 3.24. The first-order chi connectivity index (χ1) is 15.5. The lowest BCUT2D eigenvalue weighted by molar-refractivity contribution is 0.101. The summed E-state index contributed by atoms with van der Waals surface area (Å²) in [5.74, 6) is 1.48. The van der Waals surface area contributed by atoms with Crippen LogP contribution in [-0.2, 0) is 13.0 Å². The monoisotopic (exact) mass is 449 g/mol. The lowest BCUT2D eigenvalue weighted by atomic mass is 10.1. The van der Waals surface area contributed by atoms with Crippen molar-refractivity contribution in [3.8, 4) is 11.5 Å². The van der Waals surface area contributed by atoms with E-state index in [1.54, 1.807) is 27.5 Å². The van der Waals surface area contributed by atoms with Crippen LogP contribution in [0.1, 0.15) is 22.8 Å². The molecule has 2 aromatic heterocycles. The lowest BCUT2D eigenvalue weighted by Gasteiger charge is -2.08. The second kappa shape index (κ2) is 9.27. The zero-order valence-electron chi connectivity index (χ0n) is 18.0. The summed E-state index contributed by atoms with van der Waals surface area (Å²) < 4.78 is 12.7. The molecule has 0 atom stereocenters. The van der Waals surface area contributed by atoms with Gasteiger partial charge in [-0.05, 0) is 48.9 Å². The molecule has 4 rings (SSSR count). The van der Waals surface area contributed by atoms with Gasteiger partial charge in [-0.3, -0.25) is 10.2 Å². The highest BCUT2D eigenvalue weighted by molar-refractivity contribution is 7.99. The van der Waals surface area contributed by atoms with Gasteiger partial charge in [-0.2, -0.15) is 0 Å². The van der Waals surface area contributed by atoms with Gasteiger partial charge in [0.2, 0.25) is 0 Å². The van der Waals surface area contributed by atoms with Gasteiger partial charge in [0, 0.05) is 12.1 Å². The van der Waals surface area contributed by atoms with E-state index in [1.165, 1.54) is 11.8 Å². The number of methoxy groups -OCH3 is 2. The van der Waals surface area contributed by atoms with Crippen LogP contribution in [0.15, 0.2) is 58.8 Å². The summed E-state index contributed by atoms with van der Waals surface area (Å²) in [6, 6.07) is 13.2. The molecule has 8 nitrogen and oxygen atoms in total. The number of imidazole rings is 1. The lowest BCUT2D eigenvalue weighted by Crippen LogP contribution is -2.13. The molecule has 4 aromatic rings. The van der Waals surface area contributed by atoms with Crippen LogP contribution in [0.4, 0.5) is 0 Å². The molecule has 0 unspecified atom stereocenters. The number of H-pyrrole nitrogens is 1. The number of fused-ring (bicyclic) bond motifs is 1. The minimum atomic E-state index is 0.0529. The van der Waals surface area contributed by atoms with Crippen LogP contribution in [0.3, 0.4) is 0 Å². The Hall–Kier alpha value is -3.59. The minimum absolute atomic E-state index is 0.0529. The Morgan fingerprint density at radius 2 is 1.94 bits per heavy atom. The molecule has 2 aromatic carbocycles. The number of hydrogen-bond donors (Lipinski definition) is 2. The average molecular weight is 450 g/mol. The van der Waals surface area contributed by atoms with Gasteiger partial charge in [-0.25, -0.2) is 9.97 Å². The first-order valence-electron chi connectivity index (χ1n) is 9.98. The Morgan fingerprint density at radius 1 is 1.16 bits per heavy atom. The van der Waals surface area contributed by atoms with Crippen molar-refractivity contribution in [1.29, 1.82) is 5.41 Å². The number of rotatable bonds is 8. The third kappa shape index (κ3) is 4.52. The predicted molar refractivity (Wildman–Crippen MR) is 122 cm³/mol. The number of ether oxygens (including phenoxy) is 2. The van der Waals surface area contributed by atoms with Gasteiger partial charge in [0.15, 0.2) is 22.1 Å². The fourth-order valence-electron chi connectivity index (χ4n) is 3.30. The molecule has 0 spiro atoms. The molecule has 0 amide bonds. The molecular formula is C23H23N5O3S. The first-order valence-corrected chi connectivity index (χ1v) is 10.8. The molecule has 0 aliphatic carbocycles. The zero-order valence-corrected chi connectivity index (χ0v) is 18.8. The van der Waals surface area contributed by atoms with Crippen molar-refractivity contribution in [3.05, 3.63) is 65.4 Å². The molecule has 0 saturated carbocycles. The van der Waals surface area contributed by atoms with Gasteiger partial charge in [0.25, 0.3) is 0 Å². The number of carbonyl (C=O) groups is 1. The molecule has 0 aliphatic rings. The molecule has 2 N–H and O–H groups in total. The Bertz CT molecular complexity index is 1330. The highest BCUT2D eigenvalue weighted by atomic mass is 32.2. The maximum atomic E-state index is 11.5. The van der Waals surface area contributed by atoms with Crippen molar-refractivity contribution in [2.45, 2.75) is 29.9 Å². The normalized spacial score (nSPS) is 11.0. The van der Waals surface area contributed by atoms with E-state index in [1.807, 2.05) is 47.0 Å². The van der Waals surface area contributed by atoms with Gasteiger partial charge < -0.3 is 19.0 Å². The largest absolute Gasteiger partial charge is 0.497 e. The highest BCUT2D eigenvalue weighted by Gasteiger charge is 2.13. The standard InChI is InChI=1S/C23H23N5O3S/c1-14(29)16-6-4-15(5-7-16)10-11-28-13-25-21(24)20-22(28)27-23(26-20)32-19-12-17(30-2)8-9-18(19)31-3/h4-9,12-13,24H,10-11H2,1-3H3,(H,26,27). The fourth-order valence-corrected chi connectivity index (χ4v) is 4.22. The Morgan fingerprint density at radius 3 is 2.62 bits per heavy atom. The van der Waals surface area contributed by atoms with Gasteiger partial charge in [-0.15, -0.1) is 0 Å². The summed E-state index contributed by atoms with van der Waals surface area (Å²) in [6.45, 7) is 2.20. The zero-order chi connectivity index (χ0) is 22.7. The number of benzene rings is 2. The summed E-state index contributed by atoms with van der Waals surface area (Å²) in [5, 5.41) is 8.81. The maximum absolute atomic E-state index is 11.5. The third-order valence-electron chi connectivity index (χ3n) is 5.08. The van der Waals surface area contributed by atoms with E-state index in [2.05, 4.69) is 9.97 Å². The van der Waals surface area contributed by atoms with E-state index in [-0.39, 0.29) is 11.3 Å². The van der Waals surface area contributed by atoms with Crippen LogP contribution >= 0.6 is 11.8 Å². The van der Waals surface area contributed by atoms with Crippen LogP contribution in [0.25, 0.3) is 11.2 Å². The molecule has 0 fully saturated rings. The summed E-state index contributed by atoms with van der Waals surface area (Å²) in [6.07, 6.45) is 2.38. The SMILES string of the molecule is COc1ccc(OC)c(Sc2nc3c([nH]2)c(=N)ncn3CCc2ccc(C(C)=O)cc2)c1. The number of Topliss-reactive ketones (excluding diaryl/α,β-unsaturated/α-hetero) is 1. The quantitative estimate of drug-likeness (QED) is 0.396. The van der Waals surface area contributed by atoms with Crippen LogP contribution in [0.2, 0.25) is 0 Å². The summed E-state index contributed by atoms with van der Waals surface area (Å²) in [4.78, 5) is 24.4. The van der Waals surface area contributed by atoms with Gasteiger partial charge in [-0.1, -0.05) is 24.3 Å². The van der Waals surface area contributed by atoms with E-state index < -0.39 is 0 Å². The number of aromatic amines is 1. The van der Waals surface area contributed by atoms with Crippen molar-refractivity contribution in [2.24, 2.45) is 0 Å². The van der Waals surface area contributed by atoms with Gasteiger partial charge in [0.1, 0.15) is 17.0 Å². The summed E-state index contributed by atoms with van der Waals surface area (Å²) in [5.41, 5.74) is 3.18. The van der Waals surface area contributed by atoms with Crippen molar-refractivity contribution in [1.82, 2.24) is 19.5 Å².